The van der Waals surface area contributed by atoms with Crippen LogP contribution in [0.25, 0.3) is 0 Å². The van der Waals surface area contributed by atoms with Crippen LogP contribution in [0.4, 0.5) is 0 Å². The summed E-state index contributed by atoms with van der Waals surface area (Å²) in [4.78, 5) is 22.0. The van der Waals surface area contributed by atoms with Crippen LogP contribution in [0, 0.1) is 22.9 Å². The summed E-state index contributed by atoms with van der Waals surface area (Å²) in [6.07, 6.45) is 6.41. The molecule has 86 valence electrons. The smallest absolute Gasteiger partial charge is 0.249 e. The summed E-state index contributed by atoms with van der Waals surface area (Å²) in [5, 5.41) is 16.8. The normalized spacial score (nSPS) is 8.88. The van der Waals surface area contributed by atoms with E-state index in [4.69, 9.17) is 16.3 Å². The molecule has 2 amide bonds. The first-order valence-corrected chi connectivity index (χ1v) is 5.02. The number of carbonyl (C=O) groups excluding carboxylic acids is 2. The lowest BCUT2D eigenvalue weighted by molar-refractivity contribution is -0.126. The summed E-state index contributed by atoms with van der Waals surface area (Å²) in [7, 11) is 0. The van der Waals surface area contributed by atoms with Gasteiger partial charge in [-0.15, -0.1) is 4.90 Å². The Labute approximate surface area is 94.2 Å². The van der Waals surface area contributed by atoms with E-state index in [0.29, 0.717) is 24.2 Å². The van der Waals surface area contributed by atoms with Crippen molar-refractivity contribution in [2.24, 2.45) is 5.73 Å². The lowest BCUT2D eigenvalue weighted by atomic mass is 10.1. The molecule has 0 rings (SSSR count). The highest BCUT2D eigenvalue weighted by Crippen LogP contribution is 2.06. The van der Waals surface area contributed by atoms with Gasteiger partial charge in [-0.2, -0.15) is 10.5 Å². The standard InChI is InChI=1S/C10H14N4O2/c11-7-14(8-12)10(16)6-4-2-1-3-5-9(13)15/h1-6H2,(H2,13,15). The Morgan fingerprint density at radius 3 is 1.94 bits per heavy atom. The molecule has 0 fully saturated rings. The molecule has 0 unspecified atom stereocenters. The molecule has 0 aliphatic heterocycles. The number of nitrogens with zero attached hydrogens (tertiary/aromatic N) is 3. The number of amides is 2. The molecule has 0 aromatic rings. The van der Waals surface area contributed by atoms with Crippen molar-refractivity contribution in [3.05, 3.63) is 0 Å². The third-order valence-electron chi connectivity index (χ3n) is 2.01. The van der Waals surface area contributed by atoms with Crippen LogP contribution < -0.4 is 5.73 Å². The minimum atomic E-state index is -0.486. The van der Waals surface area contributed by atoms with Crippen molar-refractivity contribution in [1.82, 2.24) is 4.90 Å². The van der Waals surface area contributed by atoms with Gasteiger partial charge in [0.05, 0.1) is 0 Å². The highest BCUT2D eigenvalue weighted by Gasteiger charge is 2.10. The van der Waals surface area contributed by atoms with Crippen LogP contribution in [-0.4, -0.2) is 16.7 Å². The first-order valence-electron chi connectivity index (χ1n) is 5.02. The van der Waals surface area contributed by atoms with Gasteiger partial charge in [-0.3, -0.25) is 9.59 Å². The van der Waals surface area contributed by atoms with Crippen LogP contribution in [0.15, 0.2) is 0 Å². The molecule has 0 atom stereocenters. The lowest BCUT2D eigenvalue weighted by Crippen LogP contribution is -2.20. The molecule has 0 saturated carbocycles. The van der Waals surface area contributed by atoms with Crippen molar-refractivity contribution in [3.8, 4) is 12.4 Å². The van der Waals surface area contributed by atoms with Crippen LogP contribution >= 0.6 is 0 Å². The van der Waals surface area contributed by atoms with Crippen molar-refractivity contribution in [2.75, 3.05) is 0 Å². The van der Waals surface area contributed by atoms with Gasteiger partial charge in [0.1, 0.15) is 0 Å². The molecule has 0 aromatic heterocycles. The molecule has 6 heteroatoms. The van der Waals surface area contributed by atoms with Crippen molar-refractivity contribution >= 4 is 11.8 Å². The van der Waals surface area contributed by atoms with Crippen LogP contribution in [0.5, 0.6) is 0 Å². The number of rotatable bonds is 7. The fourth-order valence-corrected chi connectivity index (χ4v) is 1.17. The number of nitrogens with two attached hydrogens (primary N) is 1. The Morgan fingerprint density at radius 1 is 1.00 bits per heavy atom. The van der Waals surface area contributed by atoms with E-state index in [0.717, 1.165) is 12.8 Å². The van der Waals surface area contributed by atoms with E-state index >= 15 is 0 Å². The molecule has 2 N–H and O–H groups in total. The van der Waals surface area contributed by atoms with Gasteiger partial charge in [-0.25, -0.2) is 0 Å². The molecular weight excluding hydrogens is 208 g/mol. The predicted octanol–water partition coefficient (Wildman–Crippen LogP) is 0.603. The molecule has 0 spiro atoms. The van der Waals surface area contributed by atoms with Gasteiger partial charge in [0.15, 0.2) is 0 Å². The SMILES string of the molecule is N#CN(C#N)C(=O)CCCCCCC(N)=O. The van der Waals surface area contributed by atoms with E-state index in [-0.39, 0.29) is 12.3 Å². The highest BCUT2D eigenvalue weighted by atomic mass is 16.2. The summed E-state index contributed by atoms with van der Waals surface area (Å²) in [5.41, 5.74) is 4.96. The van der Waals surface area contributed by atoms with Gasteiger partial charge in [0.2, 0.25) is 24.2 Å². The van der Waals surface area contributed by atoms with Crippen LogP contribution in [0.1, 0.15) is 38.5 Å². The average molecular weight is 222 g/mol. The number of hydrogen-bond acceptors (Lipinski definition) is 4. The zero-order valence-electron chi connectivity index (χ0n) is 8.98. The molecule has 0 aliphatic rings. The maximum Gasteiger partial charge on any atom is 0.249 e. The Balaban J connectivity index is 3.53. The summed E-state index contributed by atoms with van der Waals surface area (Å²) in [5.74, 6) is -0.809. The fourth-order valence-electron chi connectivity index (χ4n) is 1.17. The molecule has 16 heavy (non-hydrogen) atoms. The molecule has 0 aliphatic carbocycles. The van der Waals surface area contributed by atoms with Crippen LogP contribution in [0.3, 0.4) is 0 Å². The zero-order valence-corrected chi connectivity index (χ0v) is 8.98. The Bertz CT molecular complexity index is 313. The van der Waals surface area contributed by atoms with E-state index in [2.05, 4.69) is 0 Å². The maximum atomic E-state index is 11.2. The van der Waals surface area contributed by atoms with Gasteiger partial charge < -0.3 is 5.73 Å². The minimum Gasteiger partial charge on any atom is -0.370 e. The maximum absolute atomic E-state index is 11.2. The van der Waals surface area contributed by atoms with Gasteiger partial charge in [0, 0.05) is 12.8 Å². The number of primary amides is 1. The molecule has 0 heterocycles. The Hall–Kier alpha value is -2.08. The average Bonchev–Trinajstić information content (AvgIpc) is 2.24. The molecular formula is C10H14N4O2. The number of hydrogen-bond donors (Lipinski definition) is 1. The van der Waals surface area contributed by atoms with Crippen LogP contribution in [-0.2, 0) is 9.59 Å². The predicted molar refractivity (Wildman–Crippen MR) is 55.0 cm³/mol. The van der Waals surface area contributed by atoms with Crippen molar-refractivity contribution < 1.29 is 9.59 Å². The largest absolute Gasteiger partial charge is 0.370 e. The van der Waals surface area contributed by atoms with E-state index < -0.39 is 5.91 Å². The fraction of sp³-hybridized carbons (Fsp3) is 0.600. The summed E-state index contributed by atoms with van der Waals surface area (Å²) >= 11 is 0. The second-order valence-electron chi connectivity index (χ2n) is 3.31. The first kappa shape index (κ1) is 13.9. The van der Waals surface area contributed by atoms with Gasteiger partial charge in [-0.1, -0.05) is 12.8 Å². The first-order chi connectivity index (χ1) is 7.61. The third kappa shape index (κ3) is 6.39. The lowest BCUT2D eigenvalue weighted by Gasteiger charge is -2.03. The zero-order chi connectivity index (χ0) is 12.4. The Morgan fingerprint density at radius 2 is 1.50 bits per heavy atom. The van der Waals surface area contributed by atoms with Crippen molar-refractivity contribution in [1.29, 1.82) is 10.5 Å². The van der Waals surface area contributed by atoms with Crippen molar-refractivity contribution in [3.63, 3.8) is 0 Å². The second kappa shape index (κ2) is 8.25. The van der Waals surface area contributed by atoms with Gasteiger partial charge in [-0.05, 0) is 12.8 Å². The van der Waals surface area contributed by atoms with E-state index in [1.807, 2.05) is 0 Å². The molecule has 0 aromatic carbocycles. The summed E-state index contributed by atoms with van der Waals surface area (Å²) in [6, 6.07) is 0. The molecule has 0 saturated heterocycles. The minimum absolute atomic E-state index is 0.178. The highest BCUT2D eigenvalue weighted by molar-refractivity contribution is 5.79. The van der Waals surface area contributed by atoms with Crippen molar-refractivity contribution in [2.45, 2.75) is 38.5 Å². The monoisotopic (exact) mass is 222 g/mol. The number of carbonyl (C=O) groups is 2. The van der Waals surface area contributed by atoms with E-state index in [1.165, 1.54) is 12.4 Å². The van der Waals surface area contributed by atoms with Gasteiger partial charge in [0.25, 0.3) is 0 Å². The Kier molecular flexibility index (Phi) is 7.17. The van der Waals surface area contributed by atoms with Crippen LogP contribution in [0.2, 0.25) is 0 Å². The van der Waals surface area contributed by atoms with E-state index in [9.17, 15) is 9.59 Å². The van der Waals surface area contributed by atoms with Gasteiger partial charge >= 0.3 is 0 Å². The molecule has 0 bridgehead atoms. The number of nitriles is 2. The summed E-state index contributed by atoms with van der Waals surface area (Å²) in [6.45, 7) is 0. The van der Waals surface area contributed by atoms with E-state index in [1.54, 1.807) is 0 Å². The molecule has 0 radical (unpaired) electrons. The quantitative estimate of drug-likeness (QED) is 0.386. The summed E-state index contributed by atoms with van der Waals surface area (Å²) < 4.78 is 0. The molecule has 6 nitrogen and oxygen atoms in total. The second-order valence-corrected chi connectivity index (χ2v) is 3.31. The topological polar surface area (TPSA) is 111 Å². The third-order valence-corrected chi connectivity index (χ3v) is 2.01. The number of unbranched alkanes of at least 4 members (excludes halogenated alkanes) is 3.